The molecule has 2 aromatic carbocycles. The zero-order valence-corrected chi connectivity index (χ0v) is 14.0. The van der Waals surface area contributed by atoms with Gasteiger partial charge >= 0.3 is 6.18 Å². The molecule has 0 unspecified atom stereocenters. The van der Waals surface area contributed by atoms with Crippen molar-refractivity contribution in [2.45, 2.75) is 13.1 Å². The van der Waals surface area contributed by atoms with Crippen LogP contribution in [0.3, 0.4) is 0 Å². The summed E-state index contributed by atoms with van der Waals surface area (Å²) < 4.78 is 40.0. The number of para-hydroxylation sites is 1. The number of hydrogen-bond acceptors (Lipinski definition) is 1. The molecule has 3 rings (SSSR count). The number of benzene rings is 2. The zero-order valence-electron chi connectivity index (χ0n) is 14.0. The van der Waals surface area contributed by atoms with Crippen molar-refractivity contribution in [2.24, 2.45) is 0 Å². The number of rotatable bonds is 3. The highest BCUT2D eigenvalue weighted by atomic mass is 19.4. The van der Waals surface area contributed by atoms with Crippen LogP contribution in [-0.2, 0) is 6.18 Å². The fourth-order valence-electron chi connectivity index (χ4n) is 2.73. The maximum absolute atomic E-state index is 12.7. The first kappa shape index (κ1) is 17.6. The van der Waals surface area contributed by atoms with Crippen LogP contribution >= 0.6 is 0 Å². The Morgan fingerprint density at radius 3 is 2.27 bits per heavy atom. The van der Waals surface area contributed by atoms with Crippen molar-refractivity contribution in [1.82, 2.24) is 4.57 Å². The second kappa shape index (κ2) is 6.93. The van der Waals surface area contributed by atoms with Gasteiger partial charge in [-0.25, -0.2) is 0 Å². The van der Waals surface area contributed by atoms with Crippen molar-refractivity contribution in [2.75, 3.05) is 0 Å². The molecule has 0 aliphatic heterocycles. The lowest BCUT2D eigenvalue weighted by Crippen LogP contribution is -2.04. The molecule has 1 aromatic heterocycles. The summed E-state index contributed by atoms with van der Waals surface area (Å²) in [5.41, 5.74) is 2.83. The van der Waals surface area contributed by atoms with Gasteiger partial charge in [0.25, 0.3) is 0 Å². The van der Waals surface area contributed by atoms with Gasteiger partial charge in [-0.15, -0.1) is 0 Å². The quantitative estimate of drug-likeness (QED) is 0.542. The molecule has 0 spiro atoms. The van der Waals surface area contributed by atoms with Crippen molar-refractivity contribution >= 4 is 11.6 Å². The first-order chi connectivity index (χ1) is 12.4. The van der Waals surface area contributed by atoms with Gasteiger partial charge < -0.3 is 4.57 Å². The molecule has 2 nitrogen and oxygen atoms in total. The molecule has 0 atom stereocenters. The fourth-order valence-corrected chi connectivity index (χ4v) is 2.73. The molecule has 0 aliphatic carbocycles. The molecule has 0 saturated carbocycles. The normalized spacial score (nSPS) is 12.0. The van der Waals surface area contributed by atoms with Crippen LogP contribution in [0.1, 0.15) is 22.4 Å². The number of allylic oxidation sites excluding steroid dienone is 1. The zero-order chi connectivity index (χ0) is 18.7. The summed E-state index contributed by atoms with van der Waals surface area (Å²) in [6, 6.07) is 18.4. The molecule has 0 radical (unpaired) electrons. The van der Waals surface area contributed by atoms with Crippen LogP contribution in [0.15, 0.2) is 66.9 Å². The summed E-state index contributed by atoms with van der Waals surface area (Å²) in [5.74, 6) is 0. The van der Waals surface area contributed by atoms with Crippen LogP contribution < -0.4 is 0 Å². The second-order valence-electron chi connectivity index (χ2n) is 5.87. The third-order valence-corrected chi connectivity index (χ3v) is 4.02. The van der Waals surface area contributed by atoms with E-state index in [-0.39, 0.29) is 0 Å². The largest absolute Gasteiger partial charge is 0.416 e. The maximum atomic E-state index is 12.7. The second-order valence-corrected chi connectivity index (χ2v) is 5.87. The smallest absolute Gasteiger partial charge is 0.321 e. The van der Waals surface area contributed by atoms with Crippen molar-refractivity contribution in [3.05, 3.63) is 89.2 Å². The van der Waals surface area contributed by atoms with Crippen LogP contribution in [0.4, 0.5) is 13.2 Å². The Hall–Kier alpha value is -3.26. The molecule has 130 valence electrons. The lowest BCUT2D eigenvalue weighted by atomic mass is 10.0. The lowest BCUT2D eigenvalue weighted by Gasteiger charge is -2.07. The minimum atomic E-state index is -4.39. The first-order valence-corrected chi connectivity index (χ1v) is 7.92. The minimum absolute atomic E-state index is 0.309. The van der Waals surface area contributed by atoms with Crippen molar-refractivity contribution < 1.29 is 13.2 Å². The number of aryl methyl sites for hydroxylation is 1. The fraction of sp³-hybridized carbons (Fsp3) is 0.0952. The highest BCUT2D eigenvalue weighted by Gasteiger charge is 2.30. The van der Waals surface area contributed by atoms with Crippen molar-refractivity contribution in [1.29, 1.82) is 5.26 Å². The molecule has 26 heavy (non-hydrogen) atoms. The van der Waals surface area contributed by atoms with Gasteiger partial charge in [-0.2, -0.15) is 18.4 Å². The molecule has 0 saturated heterocycles. The average molecular weight is 352 g/mol. The number of nitriles is 1. The summed E-state index contributed by atoms with van der Waals surface area (Å²) in [6.07, 6.45) is -0.819. The van der Waals surface area contributed by atoms with E-state index in [2.05, 4.69) is 6.07 Å². The Morgan fingerprint density at radius 2 is 1.69 bits per heavy atom. The Labute approximate surface area is 149 Å². The topological polar surface area (TPSA) is 28.7 Å². The van der Waals surface area contributed by atoms with E-state index in [1.54, 1.807) is 6.08 Å². The summed E-state index contributed by atoms with van der Waals surface area (Å²) in [5, 5.41) is 9.42. The monoisotopic (exact) mass is 352 g/mol. The molecular weight excluding hydrogens is 337 g/mol. The molecular formula is C21H15F3N2. The third kappa shape index (κ3) is 3.70. The van der Waals surface area contributed by atoms with Gasteiger partial charge in [-0.3, -0.25) is 0 Å². The highest BCUT2D eigenvalue weighted by Crippen LogP contribution is 2.30. The van der Waals surface area contributed by atoms with Gasteiger partial charge in [0.2, 0.25) is 0 Å². The maximum Gasteiger partial charge on any atom is 0.416 e. The molecule has 1 heterocycles. The van der Waals surface area contributed by atoms with E-state index in [9.17, 15) is 18.4 Å². The lowest BCUT2D eigenvalue weighted by molar-refractivity contribution is -0.137. The Kier molecular flexibility index (Phi) is 4.68. The van der Waals surface area contributed by atoms with Gasteiger partial charge in [0.05, 0.1) is 17.2 Å². The summed E-state index contributed by atoms with van der Waals surface area (Å²) in [4.78, 5) is 0. The Bertz CT molecular complexity index is 973. The van der Waals surface area contributed by atoms with Crippen LogP contribution in [0, 0.1) is 18.3 Å². The third-order valence-electron chi connectivity index (χ3n) is 4.02. The van der Waals surface area contributed by atoms with Gasteiger partial charge in [-0.1, -0.05) is 30.3 Å². The average Bonchev–Trinajstić information content (AvgIpc) is 3.00. The Balaban J connectivity index is 1.94. The Morgan fingerprint density at radius 1 is 1.04 bits per heavy atom. The van der Waals surface area contributed by atoms with E-state index < -0.39 is 11.7 Å². The first-order valence-electron chi connectivity index (χ1n) is 7.92. The summed E-state index contributed by atoms with van der Waals surface area (Å²) in [7, 11) is 0. The van der Waals surface area contributed by atoms with Gasteiger partial charge in [0.15, 0.2) is 0 Å². The predicted molar refractivity (Wildman–Crippen MR) is 95.4 cm³/mol. The van der Waals surface area contributed by atoms with E-state index in [0.29, 0.717) is 11.1 Å². The van der Waals surface area contributed by atoms with E-state index >= 15 is 0 Å². The van der Waals surface area contributed by atoms with Crippen LogP contribution in [0.25, 0.3) is 17.3 Å². The van der Waals surface area contributed by atoms with E-state index in [1.807, 2.05) is 54.1 Å². The van der Waals surface area contributed by atoms with Crippen LogP contribution in [-0.4, -0.2) is 4.57 Å². The van der Waals surface area contributed by atoms with Crippen LogP contribution in [0.5, 0.6) is 0 Å². The van der Waals surface area contributed by atoms with Gasteiger partial charge in [0, 0.05) is 17.6 Å². The standard InChI is InChI=1S/C21H15F3N2/c1-15-11-16(14-26(15)20-5-3-2-4-6-20)12-18(13-25)17-7-9-19(10-8-17)21(22,23)24/h2-12,14H,1H3/b18-12+. The molecule has 0 amide bonds. The minimum Gasteiger partial charge on any atom is -0.321 e. The number of aromatic nitrogens is 1. The molecule has 0 fully saturated rings. The van der Waals surface area contributed by atoms with Crippen molar-refractivity contribution in [3.8, 4) is 11.8 Å². The van der Waals surface area contributed by atoms with E-state index in [4.69, 9.17) is 0 Å². The molecule has 0 N–H and O–H groups in total. The number of halogens is 3. The highest BCUT2D eigenvalue weighted by molar-refractivity contribution is 5.89. The SMILES string of the molecule is Cc1cc(/C=C(\C#N)c2ccc(C(F)(F)F)cc2)cn1-c1ccccc1. The summed E-state index contributed by atoms with van der Waals surface area (Å²) >= 11 is 0. The van der Waals surface area contributed by atoms with Gasteiger partial charge in [-0.05, 0) is 54.5 Å². The molecule has 0 aliphatic rings. The number of alkyl halides is 3. The van der Waals surface area contributed by atoms with E-state index in [0.717, 1.165) is 29.1 Å². The van der Waals surface area contributed by atoms with E-state index in [1.165, 1.54) is 12.1 Å². The van der Waals surface area contributed by atoms with Crippen LogP contribution in [0.2, 0.25) is 0 Å². The van der Waals surface area contributed by atoms with Gasteiger partial charge in [0.1, 0.15) is 0 Å². The molecule has 3 aromatic rings. The van der Waals surface area contributed by atoms with Crippen molar-refractivity contribution in [3.63, 3.8) is 0 Å². The molecule has 0 bridgehead atoms. The molecule has 5 heteroatoms. The summed E-state index contributed by atoms with van der Waals surface area (Å²) in [6.45, 7) is 1.95. The number of hydrogen-bond donors (Lipinski definition) is 0. The predicted octanol–water partition coefficient (Wildman–Crippen LogP) is 5.87. The number of nitrogens with zero attached hydrogens (tertiary/aromatic N) is 2.